The smallest absolute Gasteiger partial charge is 0.305 e. The van der Waals surface area contributed by atoms with Gasteiger partial charge in [0.2, 0.25) is 0 Å². The standard InChI is InChI=1S/C12H18N2O2.ClH/c1-2-16-12(15)6-4-9-3-5-10-11(7-9)14-8-13-10;/h8-9H,2-7H2,1H3,(H,13,14);1H. The molecule has 0 saturated carbocycles. The summed E-state index contributed by atoms with van der Waals surface area (Å²) in [6.07, 6.45) is 6.43. The molecule has 0 fully saturated rings. The number of hydrogen-bond acceptors (Lipinski definition) is 3. The first-order valence-corrected chi connectivity index (χ1v) is 5.96. The second-order valence-electron chi connectivity index (χ2n) is 4.28. The molecule has 1 aliphatic rings. The van der Waals surface area contributed by atoms with E-state index >= 15 is 0 Å². The Hall–Kier alpha value is -1.03. The van der Waals surface area contributed by atoms with Crippen molar-refractivity contribution in [3.63, 3.8) is 0 Å². The fourth-order valence-corrected chi connectivity index (χ4v) is 2.27. The van der Waals surface area contributed by atoms with Crippen LogP contribution in [0.15, 0.2) is 6.33 Å². The molecule has 1 unspecified atom stereocenters. The number of carbonyl (C=O) groups is 1. The number of rotatable bonds is 4. The number of hydrogen-bond donors (Lipinski definition) is 1. The van der Waals surface area contributed by atoms with Crippen LogP contribution in [0.2, 0.25) is 0 Å². The van der Waals surface area contributed by atoms with Gasteiger partial charge < -0.3 is 9.72 Å². The van der Waals surface area contributed by atoms with Crippen LogP contribution in [-0.4, -0.2) is 22.5 Å². The molecule has 0 radical (unpaired) electrons. The van der Waals surface area contributed by atoms with Crippen molar-refractivity contribution in [1.82, 2.24) is 9.97 Å². The van der Waals surface area contributed by atoms with Crippen molar-refractivity contribution < 1.29 is 9.53 Å². The van der Waals surface area contributed by atoms with E-state index in [9.17, 15) is 4.79 Å². The van der Waals surface area contributed by atoms with Crippen LogP contribution >= 0.6 is 12.4 Å². The highest BCUT2D eigenvalue weighted by Gasteiger charge is 2.21. The van der Waals surface area contributed by atoms with E-state index in [-0.39, 0.29) is 18.4 Å². The number of nitrogens with one attached hydrogen (secondary N) is 1. The summed E-state index contributed by atoms with van der Waals surface area (Å²) in [5.41, 5.74) is 2.45. The van der Waals surface area contributed by atoms with E-state index in [0.717, 1.165) is 25.7 Å². The third kappa shape index (κ3) is 3.73. The van der Waals surface area contributed by atoms with Crippen LogP contribution < -0.4 is 0 Å². The van der Waals surface area contributed by atoms with Crippen molar-refractivity contribution in [2.24, 2.45) is 5.92 Å². The van der Waals surface area contributed by atoms with Crippen LogP contribution in [0.1, 0.15) is 37.6 Å². The van der Waals surface area contributed by atoms with Crippen LogP contribution in [0.5, 0.6) is 0 Å². The topological polar surface area (TPSA) is 55.0 Å². The number of aromatic amines is 1. The van der Waals surface area contributed by atoms with Gasteiger partial charge in [0.25, 0.3) is 0 Å². The van der Waals surface area contributed by atoms with Gasteiger partial charge in [0.1, 0.15) is 0 Å². The summed E-state index contributed by atoms with van der Waals surface area (Å²) >= 11 is 0. The lowest BCUT2D eigenvalue weighted by Crippen LogP contribution is -2.16. The molecule has 4 nitrogen and oxygen atoms in total. The van der Waals surface area contributed by atoms with Crippen LogP contribution in [-0.2, 0) is 22.4 Å². The Bertz CT molecular complexity index is 365. The Balaban J connectivity index is 0.00000144. The summed E-state index contributed by atoms with van der Waals surface area (Å²) < 4.78 is 4.93. The van der Waals surface area contributed by atoms with Gasteiger partial charge in [0.05, 0.1) is 18.6 Å². The van der Waals surface area contributed by atoms with Crippen LogP contribution in [0.3, 0.4) is 0 Å². The molecule has 2 rings (SSSR count). The predicted octanol–water partition coefficient (Wildman–Crippen LogP) is 2.28. The molecule has 1 N–H and O–H groups in total. The molecular formula is C12H19ClN2O2. The van der Waals surface area contributed by atoms with E-state index in [4.69, 9.17) is 4.74 Å². The molecule has 0 aliphatic heterocycles. The lowest BCUT2D eigenvalue weighted by molar-refractivity contribution is -0.143. The van der Waals surface area contributed by atoms with E-state index in [1.807, 2.05) is 6.92 Å². The summed E-state index contributed by atoms with van der Waals surface area (Å²) in [4.78, 5) is 18.7. The van der Waals surface area contributed by atoms with Gasteiger partial charge in [-0.05, 0) is 38.5 Å². The molecule has 5 heteroatoms. The highest BCUT2D eigenvalue weighted by atomic mass is 35.5. The summed E-state index contributed by atoms with van der Waals surface area (Å²) in [7, 11) is 0. The van der Waals surface area contributed by atoms with Crippen LogP contribution in [0, 0.1) is 5.92 Å². The molecule has 1 aromatic rings. The van der Waals surface area contributed by atoms with Gasteiger partial charge in [0, 0.05) is 12.1 Å². The average molecular weight is 259 g/mol. The molecule has 0 amide bonds. The molecule has 1 heterocycles. The first-order chi connectivity index (χ1) is 7.79. The van der Waals surface area contributed by atoms with Crippen molar-refractivity contribution >= 4 is 18.4 Å². The minimum atomic E-state index is -0.0714. The molecule has 1 atom stereocenters. The number of nitrogens with zero attached hydrogens (tertiary/aromatic N) is 1. The van der Waals surface area contributed by atoms with E-state index < -0.39 is 0 Å². The van der Waals surface area contributed by atoms with E-state index in [1.54, 1.807) is 6.33 Å². The minimum absolute atomic E-state index is 0. The summed E-state index contributed by atoms with van der Waals surface area (Å²) in [5, 5.41) is 0. The Morgan fingerprint density at radius 3 is 3.24 bits per heavy atom. The number of H-pyrrole nitrogens is 1. The fourth-order valence-electron chi connectivity index (χ4n) is 2.27. The summed E-state index contributed by atoms with van der Waals surface area (Å²) in [6, 6.07) is 0. The lowest BCUT2D eigenvalue weighted by Gasteiger charge is -2.20. The zero-order chi connectivity index (χ0) is 11.4. The third-order valence-electron chi connectivity index (χ3n) is 3.15. The molecule has 0 aromatic carbocycles. The van der Waals surface area contributed by atoms with Crippen molar-refractivity contribution in [3.8, 4) is 0 Å². The first kappa shape index (κ1) is 14.0. The maximum Gasteiger partial charge on any atom is 0.305 e. The number of aromatic nitrogens is 2. The number of ether oxygens (including phenoxy) is 1. The summed E-state index contributed by atoms with van der Waals surface area (Å²) in [6.45, 7) is 2.32. The SMILES string of the molecule is CCOC(=O)CCC1CCc2nc[nH]c2C1.Cl. The predicted molar refractivity (Wildman–Crippen MR) is 67.2 cm³/mol. The zero-order valence-corrected chi connectivity index (χ0v) is 10.9. The second-order valence-corrected chi connectivity index (χ2v) is 4.28. The fraction of sp³-hybridized carbons (Fsp3) is 0.667. The molecule has 0 spiro atoms. The number of halogens is 1. The second kappa shape index (κ2) is 6.64. The van der Waals surface area contributed by atoms with E-state index in [2.05, 4.69) is 9.97 Å². The Morgan fingerprint density at radius 2 is 2.47 bits per heavy atom. The number of aryl methyl sites for hydroxylation is 1. The molecule has 1 aliphatic carbocycles. The number of carbonyl (C=O) groups excluding carboxylic acids is 1. The Kier molecular flexibility index (Phi) is 5.48. The highest BCUT2D eigenvalue weighted by Crippen LogP contribution is 2.26. The molecule has 17 heavy (non-hydrogen) atoms. The lowest BCUT2D eigenvalue weighted by atomic mass is 9.86. The highest BCUT2D eigenvalue weighted by molar-refractivity contribution is 5.85. The number of imidazole rings is 1. The number of esters is 1. The van der Waals surface area contributed by atoms with Gasteiger partial charge in [-0.2, -0.15) is 0 Å². The minimum Gasteiger partial charge on any atom is -0.466 e. The zero-order valence-electron chi connectivity index (χ0n) is 10.1. The van der Waals surface area contributed by atoms with Gasteiger partial charge in [-0.25, -0.2) is 4.98 Å². The summed E-state index contributed by atoms with van der Waals surface area (Å²) in [5.74, 6) is 0.523. The Morgan fingerprint density at radius 1 is 1.65 bits per heavy atom. The van der Waals surface area contributed by atoms with Gasteiger partial charge in [-0.1, -0.05) is 0 Å². The van der Waals surface area contributed by atoms with Gasteiger partial charge in [-0.15, -0.1) is 12.4 Å². The average Bonchev–Trinajstić information content (AvgIpc) is 2.74. The van der Waals surface area contributed by atoms with Gasteiger partial charge in [-0.3, -0.25) is 4.79 Å². The molecule has 96 valence electrons. The maximum atomic E-state index is 11.2. The van der Waals surface area contributed by atoms with E-state index in [0.29, 0.717) is 18.9 Å². The quantitative estimate of drug-likeness (QED) is 0.843. The number of fused-ring (bicyclic) bond motifs is 1. The van der Waals surface area contributed by atoms with Crippen LogP contribution in [0.25, 0.3) is 0 Å². The molecule has 0 saturated heterocycles. The van der Waals surface area contributed by atoms with Crippen LogP contribution in [0.4, 0.5) is 0 Å². The maximum absolute atomic E-state index is 11.2. The van der Waals surface area contributed by atoms with Gasteiger partial charge in [0.15, 0.2) is 0 Å². The Labute approximate surface area is 108 Å². The molecule has 1 aromatic heterocycles. The molecule has 0 bridgehead atoms. The largest absolute Gasteiger partial charge is 0.466 e. The first-order valence-electron chi connectivity index (χ1n) is 5.96. The van der Waals surface area contributed by atoms with Crippen molar-refractivity contribution in [3.05, 3.63) is 17.7 Å². The normalized spacial score (nSPS) is 18.1. The van der Waals surface area contributed by atoms with Crippen molar-refractivity contribution in [2.45, 2.75) is 39.0 Å². The van der Waals surface area contributed by atoms with Crippen molar-refractivity contribution in [1.29, 1.82) is 0 Å². The van der Waals surface area contributed by atoms with E-state index in [1.165, 1.54) is 11.4 Å². The van der Waals surface area contributed by atoms with Gasteiger partial charge >= 0.3 is 5.97 Å². The van der Waals surface area contributed by atoms with Crippen molar-refractivity contribution in [2.75, 3.05) is 6.61 Å². The third-order valence-corrected chi connectivity index (χ3v) is 3.15. The molecular weight excluding hydrogens is 240 g/mol. The monoisotopic (exact) mass is 258 g/mol.